The van der Waals surface area contributed by atoms with E-state index in [0.717, 1.165) is 34.6 Å². The third-order valence-electron chi connectivity index (χ3n) is 4.64. The molecule has 0 radical (unpaired) electrons. The van der Waals surface area contributed by atoms with Gasteiger partial charge in [0.15, 0.2) is 0 Å². The minimum absolute atomic E-state index is 0.224. The predicted molar refractivity (Wildman–Crippen MR) is 112 cm³/mol. The normalized spacial score (nSPS) is 11.4. The van der Waals surface area contributed by atoms with E-state index in [9.17, 15) is 4.79 Å². The summed E-state index contributed by atoms with van der Waals surface area (Å²) >= 11 is 6.13. The van der Waals surface area contributed by atoms with Crippen molar-refractivity contribution in [2.24, 2.45) is 5.73 Å². The van der Waals surface area contributed by atoms with Crippen molar-refractivity contribution < 1.29 is 4.79 Å². The van der Waals surface area contributed by atoms with Gasteiger partial charge in [-0.2, -0.15) is 0 Å². The van der Waals surface area contributed by atoms with Crippen LogP contribution in [0.1, 0.15) is 27.3 Å². The molecule has 28 heavy (non-hydrogen) atoms. The Morgan fingerprint density at radius 1 is 1.29 bits per heavy atom. The number of hydrogen-bond acceptors (Lipinski definition) is 5. The van der Waals surface area contributed by atoms with Gasteiger partial charge in [-0.1, -0.05) is 17.7 Å². The van der Waals surface area contributed by atoms with Crippen LogP contribution >= 0.6 is 11.6 Å². The van der Waals surface area contributed by atoms with Crippen molar-refractivity contribution in [1.82, 2.24) is 24.6 Å². The highest BCUT2D eigenvalue weighted by Gasteiger charge is 2.19. The first-order valence-electron chi connectivity index (χ1n) is 9.10. The Balaban J connectivity index is 2.11. The number of halogens is 1. The van der Waals surface area contributed by atoms with Gasteiger partial charge < -0.3 is 16.0 Å². The van der Waals surface area contributed by atoms with E-state index >= 15 is 0 Å². The molecule has 0 saturated carbocycles. The highest BCUT2D eigenvalue weighted by Crippen LogP contribution is 2.30. The molecule has 0 aliphatic heterocycles. The van der Waals surface area contributed by atoms with Crippen LogP contribution in [0.5, 0.6) is 0 Å². The lowest BCUT2D eigenvalue weighted by molar-refractivity contribution is 0.0946. The largest absolute Gasteiger partial charge is 0.349 e. The molecule has 0 unspecified atom stereocenters. The Labute approximate surface area is 169 Å². The maximum absolute atomic E-state index is 12.5. The average molecular weight is 401 g/mol. The van der Waals surface area contributed by atoms with Crippen molar-refractivity contribution in [1.29, 1.82) is 0 Å². The number of aromatic nitrogens is 3. The van der Waals surface area contributed by atoms with Crippen LogP contribution in [0.3, 0.4) is 0 Å². The first-order valence-corrected chi connectivity index (χ1v) is 9.47. The highest BCUT2D eigenvalue weighted by molar-refractivity contribution is 6.30. The van der Waals surface area contributed by atoms with E-state index in [0.29, 0.717) is 29.6 Å². The number of nitrogens with zero attached hydrogens (tertiary/aromatic N) is 4. The van der Waals surface area contributed by atoms with Crippen molar-refractivity contribution in [2.45, 2.75) is 20.4 Å². The average Bonchev–Trinajstić information content (AvgIpc) is 3.04. The standard InChI is InChI=1S/C20H25ClN6O/c1-12-9-14(21)5-6-15(12)18-16(10-22)13(2)24-20-25-17(11-27(18)20)19(28)23-7-8-26(3)4/h5-6,9,11H,7-8,10,22H2,1-4H3,(H,23,28). The zero-order chi connectivity index (χ0) is 20.4. The molecule has 1 amide bonds. The fourth-order valence-electron chi connectivity index (χ4n) is 3.17. The summed E-state index contributed by atoms with van der Waals surface area (Å²) in [6, 6.07) is 5.71. The Morgan fingerprint density at radius 2 is 2.04 bits per heavy atom. The molecule has 0 aliphatic rings. The van der Waals surface area contributed by atoms with Gasteiger partial charge >= 0.3 is 0 Å². The van der Waals surface area contributed by atoms with Crippen LogP contribution < -0.4 is 11.1 Å². The number of likely N-dealkylation sites (N-methyl/N-ethyl adjacent to an activating group) is 1. The van der Waals surface area contributed by atoms with E-state index in [-0.39, 0.29) is 5.91 Å². The van der Waals surface area contributed by atoms with Crippen LogP contribution in [0, 0.1) is 13.8 Å². The zero-order valence-corrected chi connectivity index (χ0v) is 17.3. The molecule has 2 aromatic heterocycles. The molecule has 7 nitrogen and oxygen atoms in total. The molecule has 2 heterocycles. The molecule has 0 atom stereocenters. The SMILES string of the molecule is Cc1cc(Cl)ccc1-c1c(CN)c(C)nc2nc(C(=O)NCCN(C)C)cn12. The van der Waals surface area contributed by atoms with Gasteiger partial charge in [0.25, 0.3) is 5.91 Å². The first kappa shape index (κ1) is 20.3. The lowest BCUT2D eigenvalue weighted by atomic mass is 10.00. The summed E-state index contributed by atoms with van der Waals surface area (Å²) in [7, 11) is 3.91. The van der Waals surface area contributed by atoms with Gasteiger partial charge in [0.05, 0.1) is 5.69 Å². The number of fused-ring (bicyclic) bond motifs is 1. The van der Waals surface area contributed by atoms with Crippen molar-refractivity contribution in [3.8, 4) is 11.3 Å². The quantitative estimate of drug-likeness (QED) is 0.663. The molecular weight excluding hydrogens is 376 g/mol. The molecule has 0 saturated heterocycles. The smallest absolute Gasteiger partial charge is 0.271 e. The molecule has 3 rings (SSSR count). The number of rotatable bonds is 6. The minimum Gasteiger partial charge on any atom is -0.349 e. The Bertz CT molecular complexity index is 1030. The number of nitrogens with two attached hydrogens (primary N) is 1. The minimum atomic E-state index is -0.224. The monoisotopic (exact) mass is 400 g/mol. The number of hydrogen-bond donors (Lipinski definition) is 2. The predicted octanol–water partition coefficient (Wildman–Crippen LogP) is 2.42. The number of aryl methyl sites for hydroxylation is 2. The van der Waals surface area contributed by atoms with Gasteiger partial charge in [0, 0.05) is 47.7 Å². The zero-order valence-electron chi connectivity index (χ0n) is 16.6. The summed E-state index contributed by atoms with van der Waals surface area (Å²) in [5.41, 5.74) is 11.0. The van der Waals surface area contributed by atoms with Crippen LogP contribution in [0.15, 0.2) is 24.4 Å². The molecule has 0 bridgehead atoms. The van der Waals surface area contributed by atoms with Gasteiger partial charge in [-0.3, -0.25) is 9.20 Å². The van der Waals surface area contributed by atoms with Gasteiger partial charge in [0.2, 0.25) is 5.78 Å². The van der Waals surface area contributed by atoms with Gasteiger partial charge in [-0.25, -0.2) is 9.97 Å². The van der Waals surface area contributed by atoms with Crippen molar-refractivity contribution in [2.75, 3.05) is 27.2 Å². The third kappa shape index (κ3) is 4.01. The first-order chi connectivity index (χ1) is 13.3. The number of nitrogens with one attached hydrogen (secondary N) is 1. The van der Waals surface area contributed by atoms with E-state index in [1.807, 2.05) is 55.4 Å². The lowest BCUT2D eigenvalue weighted by Crippen LogP contribution is -2.31. The van der Waals surface area contributed by atoms with E-state index < -0.39 is 0 Å². The molecule has 1 aromatic carbocycles. The number of carbonyl (C=O) groups excluding carboxylic acids is 1. The lowest BCUT2D eigenvalue weighted by Gasteiger charge is -2.15. The second-order valence-corrected chi connectivity index (χ2v) is 7.48. The number of amides is 1. The molecule has 148 valence electrons. The summed E-state index contributed by atoms with van der Waals surface area (Å²) in [6.07, 6.45) is 1.72. The van der Waals surface area contributed by atoms with Gasteiger partial charge in [-0.15, -0.1) is 0 Å². The number of imidazole rings is 1. The van der Waals surface area contributed by atoms with E-state index in [1.54, 1.807) is 6.20 Å². The summed E-state index contributed by atoms with van der Waals surface area (Å²) in [5, 5.41) is 3.56. The molecule has 3 aromatic rings. The van der Waals surface area contributed by atoms with Crippen molar-refractivity contribution in [3.63, 3.8) is 0 Å². The van der Waals surface area contributed by atoms with Crippen molar-refractivity contribution >= 4 is 23.3 Å². The Hall–Kier alpha value is -2.48. The van der Waals surface area contributed by atoms with Crippen molar-refractivity contribution in [3.05, 3.63) is 51.9 Å². The van der Waals surface area contributed by atoms with Crippen LogP contribution in [0.2, 0.25) is 5.02 Å². The summed E-state index contributed by atoms with van der Waals surface area (Å²) in [4.78, 5) is 23.5. The summed E-state index contributed by atoms with van der Waals surface area (Å²) < 4.78 is 1.84. The Morgan fingerprint density at radius 3 is 2.68 bits per heavy atom. The maximum atomic E-state index is 12.5. The second-order valence-electron chi connectivity index (χ2n) is 7.04. The molecule has 0 fully saturated rings. The van der Waals surface area contributed by atoms with E-state index in [2.05, 4.69) is 15.3 Å². The van der Waals surface area contributed by atoms with Crippen LogP contribution in [-0.4, -0.2) is 52.4 Å². The number of carbonyl (C=O) groups is 1. The highest BCUT2D eigenvalue weighted by atomic mass is 35.5. The molecule has 0 aliphatic carbocycles. The fourth-order valence-corrected chi connectivity index (χ4v) is 3.40. The molecule has 3 N–H and O–H groups in total. The second kappa shape index (κ2) is 8.26. The van der Waals surface area contributed by atoms with E-state index in [1.165, 1.54) is 0 Å². The molecule has 8 heteroatoms. The molecular formula is C20H25ClN6O. The number of benzene rings is 1. The van der Waals surface area contributed by atoms with Gasteiger partial charge in [0.1, 0.15) is 5.69 Å². The van der Waals surface area contributed by atoms with Gasteiger partial charge in [-0.05, 0) is 45.6 Å². The Kier molecular flexibility index (Phi) is 5.98. The van der Waals surface area contributed by atoms with Crippen LogP contribution in [0.4, 0.5) is 0 Å². The third-order valence-corrected chi connectivity index (χ3v) is 4.88. The van der Waals surface area contributed by atoms with Crippen LogP contribution in [0.25, 0.3) is 17.0 Å². The summed E-state index contributed by atoms with van der Waals surface area (Å²) in [5.74, 6) is 0.245. The fraction of sp³-hybridized carbons (Fsp3) is 0.350. The summed E-state index contributed by atoms with van der Waals surface area (Å²) in [6.45, 7) is 5.53. The maximum Gasteiger partial charge on any atom is 0.271 e. The topological polar surface area (TPSA) is 88.5 Å². The van der Waals surface area contributed by atoms with Crippen LogP contribution in [-0.2, 0) is 6.54 Å². The van der Waals surface area contributed by atoms with E-state index in [4.69, 9.17) is 17.3 Å². The molecule has 0 spiro atoms.